The van der Waals surface area contributed by atoms with Crippen LogP contribution in [-0.2, 0) is 0 Å². The highest BCUT2D eigenvalue weighted by molar-refractivity contribution is 6.32. The van der Waals surface area contributed by atoms with Gasteiger partial charge in [0.1, 0.15) is 5.82 Å². The number of hydrogen-bond acceptors (Lipinski definition) is 1. The number of benzene rings is 2. The van der Waals surface area contributed by atoms with E-state index in [1.165, 1.54) is 6.07 Å². The van der Waals surface area contributed by atoms with Gasteiger partial charge >= 0.3 is 0 Å². The molecule has 0 saturated heterocycles. The Kier molecular flexibility index (Phi) is 4.23. The van der Waals surface area contributed by atoms with E-state index >= 15 is 0 Å². The van der Waals surface area contributed by atoms with Gasteiger partial charge in [0.2, 0.25) is 0 Å². The highest BCUT2D eigenvalue weighted by Crippen LogP contribution is 2.30. The largest absolute Gasteiger partial charge is 0.309 e. The van der Waals surface area contributed by atoms with Gasteiger partial charge in [-0.25, -0.2) is 4.39 Å². The first-order valence-electron chi connectivity index (χ1n) is 6.22. The van der Waals surface area contributed by atoms with Gasteiger partial charge in [0.05, 0.1) is 6.04 Å². The molecule has 0 heterocycles. The summed E-state index contributed by atoms with van der Waals surface area (Å²) in [5.41, 5.74) is 3.77. The van der Waals surface area contributed by atoms with E-state index in [2.05, 4.69) is 5.32 Å². The number of aryl methyl sites for hydroxylation is 2. The Morgan fingerprint density at radius 3 is 2.53 bits per heavy atom. The Morgan fingerprint density at radius 2 is 1.89 bits per heavy atom. The molecule has 0 bridgehead atoms. The molecule has 2 aromatic carbocycles. The lowest BCUT2D eigenvalue weighted by Gasteiger charge is -2.20. The van der Waals surface area contributed by atoms with E-state index in [0.29, 0.717) is 0 Å². The average molecular weight is 278 g/mol. The van der Waals surface area contributed by atoms with Gasteiger partial charge in [-0.15, -0.1) is 0 Å². The van der Waals surface area contributed by atoms with Gasteiger partial charge < -0.3 is 5.32 Å². The van der Waals surface area contributed by atoms with Crippen LogP contribution in [0.15, 0.2) is 36.4 Å². The van der Waals surface area contributed by atoms with E-state index in [4.69, 9.17) is 11.6 Å². The molecule has 19 heavy (non-hydrogen) atoms. The molecule has 0 amide bonds. The zero-order valence-corrected chi connectivity index (χ0v) is 12.1. The predicted octanol–water partition coefficient (Wildman–Crippen LogP) is 4.40. The van der Waals surface area contributed by atoms with Gasteiger partial charge in [-0.05, 0) is 55.3 Å². The SMILES string of the molecule is CNC(c1cc(C)cc(F)c1)c1cccc(C)c1Cl. The smallest absolute Gasteiger partial charge is 0.123 e. The Bertz CT molecular complexity index is 575. The predicted molar refractivity (Wildman–Crippen MR) is 78.2 cm³/mol. The molecule has 2 rings (SSSR count). The van der Waals surface area contributed by atoms with E-state index < -0.39 is 0 Å². The molecule has 0 spiro atoms. The molecule has 100 valence electrons. The molecule has 1 nitrogen and oxygen atoms in total. The lowest BCUT2D eigenvalue weighted by molar-refractivity contribution is 0.615. The van der Waals surface area contributed by atoms with Crippen LogP contribution in [0.1, 0.15) is 28.3 Å². The fraction of sp³-hybridized carbons (Fsp3) is 0.250. The number of hydrogen-bond donors (Lipinski definition) is 1. The van der Waals surface area contributed by atoms with Crippen LogP contribution in [0.25, 0.3) is 0 Å². The van der Waals surface area contributed by atoms with Gasteiger partial charge in [-0.2, -0.15) is 0 Å². The summed E-state index contributed by atoms with van der Waals surface area (Å²) >= 11 is 6.36. The maximum atomic E-state index is 13.6. The standard InChI is InChI=1S/C16H17ClFN/c1-10-7-12(9-13(18)8-10)16(19-3)14-6-4-5-11(2)15(14)17/h4-9,16,19H,1-3H3. The average Bonchev–Trinajstić information content (AvgIpc) is 2.34. The van der Waals surface area contributed by atoms with Crippen LogP contribution in [0.4, 0.5) is 4.39 Å². The van der Waals surface area contributed by atoms with Gasteiger partial charge in [0.15, 0.2) is 0 Å². The van der Waals surface area contributed by atoms with Crippen molar-refractivity contribution in [3.63, 3.8) is 0 Å². The highest BCUT2D eigenvalue weighted by Gasteiger charge is 2.17. The van der Waals surface area contributed by atoms with E-state index in [1.807, 2.05) is 45.2 Å². The Morgan fingerprint density at radius 1 is 1.16 bits per heavy atom. The van der Waals surface area contributed by atoms with Gasteiger partial charge in [-0.1, -0.05) is 35.9 Å². The number of nitrogens with one attached hydrogen (secondary N) is 1. The summed E-state index contributed by atoms with van der Waals surface area (Å²) in [5, 5.41) is 3.93. The second kappa shape index (κ2) is 5.72. The van der Waals surface area contributed by atoms with Crippen molar-refractivity contribution in [1.29, 1.82) is 0 Å². The van der Waals surface area contributed by atoms with Crippen LogP contribution in [0, 0.1) is 19.7 Å². The van der Waals surface area contributed by atoms with Crippen molar-refractivity contribution in [3.05, 3.63) is 69.5 Å². The van der Waals surface area contributed by atoms with Crippen LogP contribution in [0.5, 0.6) is 0 Å². The third-order valence-corrected chi connectivity index (χ3v) is 3.74. The fourth-order valence-electron chi connectivity index (χ4n) is 2.33. The molecular formula is C16H17ClFN. The van der Waals surface area contributed by atoms with Crippen molar-refractivity contribution in [1.82, 2.24) is 5.32 Å². The normalized spacial score (nSPS) is 12.5. The van der Waals surface area contributed by atoms with Crippen LogP contribution in [-0.4, -0.2) is 7.05 Å². The van der Waals surface area contributed by atoms with Crippen LogP contribution >= 0.6 is 11.6 Å². The lowest BCUT2D eigenvalue weighted by Crippen LogP contribution is -2.18. The van der Waals surface area contributed by atoms with Gasteiger partial charge in [0.25, 0.3) is 0 Å². The first-order chi connectivity index (χ1) is 9.02. The monoisotopic (exact) mass is 277 g/mol. The summed E-state index contributed by atoms with van der Waals surface area (Å²) in [6.07, 6.45) is 0. The Hall–Kier alpha value is -1.38. The fourth-order valence-corrected chi connectivity index (χ4v) is 2.56. The summed E-state index contributed by atoms with van der Waals surface area (Å²) in [6.45, 7) is 3.85. The zero-order valence-electron chi connectivity index (χ0n) is 11.3. The highest BCUT2D eigenvalue weighted by atomic mass is 35.5. The summed E-state index contributed by atoms with van der Waals surface area (Å²) in [6, 6.07) is 10.8. The molecule has 1 N–H and O–H groups in total. The molecule has 0 aromatic heterocycles. The molecule has 0 aliphatic heterocycles. The van der Waals surface area contributed by atoms with Crippen LogP contribution in [0.3, 0.4) is 0 Å². The third kappa shape index (κ3) is 2.96. The van der Waals surface area contributed by atoms with Crippen molar-refractivity contribution < 1.29 is 4.39 Å². The maximum Gasteiger partial charge on any atom is 0.123 e. The van der Waals surface area contributed by atoms with Crippen LogP contribution < -0.4 is 5.32 Å². The molecule has 1 unspecified atom stereocenters. The molecule has 0 aliphatic rings. The number of rotatable bonds is 3. The first kappa shape index (κ1) is 14.0. The molecule has 0 saturated carbocycles. The summed E-state index contributed by atoms with van der Waals surface area (Å²) in [7, 11) is 1.85. The molecule has 2 aromatic rings. The van der Waals surface area contributed by atoms with E-state index in [-0.39, 0.29) is 11.9 Å². The molecule has 1 atom stereocenters. The summed E-state index contributed by atoms with van der Waals surface area (Å²) in [5.74, 6) is -0.223. The minimum Gasteiger partial charge on any atom is -0.309 e. The van der Waals surface area contributed by atoms with Crippen molar-refractivity contribution in [2.45, 2.75) is 19.9 Å². The maximum absolute atomic E-state index is 13.6. The van der Waals surface area contributed by atoms with E-state index in [1.54, 1.807) is 6.07 Å². The van der Waals surface area contributed by atoms with Gasteiger partial charge in [-0.3, -0.25) is 0 Å². The third-order valence-electron chi connectivity index (χ3n) is 3.22. The van der Waals surface area contributed by atoms with Gasteiger partial charge in [0, 0.05) is 5.02 Å². The second-order valence-electron chi connectivity index (χ2n) is 4.76. The Balaban J connectivity index is 2.53. The summed E-state index contributed by atoms with van der Waals surface area (Å²) in [4.78, 5) is 0. The minimum absolute atomic E-state index is 0.109. The number of halogens is 2. The Labute approximate surface area is 118 Å². The van der Waals surface area contributed by atoms with Crippen molar-refractivity contribution in [3.8, 4) is 0 Å². The zero-order chi connectivity index (χ0) is 14.0. The van der Waals surface area contributed by atoms with Crippen molar-refractivity contribution in [2.24, 2.45) is 0 Å². The van der Waals surface area contributed by atoms with E-state index in [0.717, 1.165) is 27.3 Å². The van der Waals surface area contributed by atoms with Crippen LogP contribution in [0.2, 0.25) is 5.02 Å². The molecule has 0 fully saturated rings. The first-order valence-corrected chi connectivity index (χ1v) is 6.60. The molecule has 0 aliphatic carbocycles. The molecule has 0 radical (unpaired) electrons. The molecular weight excluding hydrogens is 261 g/mol. The van der Waals surface area contributed by atoms with Crippen molar-refractivity contribution >= 4 is 11.6 Å². The minimum atomic E-state index is -0.223. The summed E-state index contributed by atoms with van der Waals surface area (Å²) < 4.78 is 13.6. The van der Waals surface area contributed by atoms with E-state index in [9.17, 15) is 4.39 Å². The topological polar surface area (TPSA) is 12.0 Å². The van der Waals surface area contributed by atoms with Crippen molar-refractivity contribution in [2.75, 3.05) is 7.05 Å². The second-order valence-corrected chi connectivity index (χ2v) is 5.14. The quantitative estimate of drug-likeness (QED) is 0.876. The lowest BCUT2D eigenvalue weighted by atomic mass is 9.96. The molecule has 3 heteroatoms.